The lowest BCUT2D eigenvalue weighted by Crippen LogP contribution is -2.22. The molecule has 2 aromatic carbocycles. The molecule has 148 valence electrons. The highest BCUT2D eigenvalue weighted by Crippen LogP contribution is 2.36. The number of benzene rings is 2. The molecule has 3 rings (SSSR count). The number of fused-ring (bicyclic) bond motifs is 1. The Balaban J connectivity index is 1.87. The summed E-state index contributed by atoms with van der Waals surface area (Å²) in [5, 5.41) is 22.9. The third kappa shape index (κ3) is 4.55. The molecule has 0 saturated heterocycles. The second kappa shape index (κ2) is 8.48. The van der Waals surface area contributed by atoms with Gasteiger partial charge in [0, 0.05) is 23.2 Å². The number of nitriles is 1. The summed E-state index contributed by atoms with van der Waals surface area (Å²) in [6.07, 6.45) is 2.27. The zero-order chi connectivity index (χ0) is 21.0. The number of carboxylic acid groups (broad SMARTS) is 1. The summed E-state index contributed by atoms with van der Waals surface area (Å²) >= 11 is 0. The first-order valence-corrected chi connectivity index (χ1v) is 9.12. The number of nitrogens with zero attached hydrogens (tertiary/aromatic N) is 1. The number of amides is 1. The maximum absolute atomic E-state index is 12.5. The van der Waals surface area contributed by atoms with E-state index >= 15 is 0 Å². The van der Waals surface area contributed by atoms with Crippen molar-refractivity contribution in [2.75, 3.05) is 11.9 Å². The fraction of sp³-hybridized carbons (Fsp3) is 0.227. The summed E-state index contributed by atoms with van der Waals surface area (Å²) in [5.74, 6) is -0.645. The molecule has 0 fully saturated rings. The van der Waals surface area contributed by atoms with E-state index in [1.54, 1.807) is 6.07 Å². The van der Waals surface area contributed by atoms with Gasteiger partial charge in [-0.3, -0.25) is 4.79 Å². The van der Waals surface area contributed by atoms with Crippen molar-refractivity contribution in [2.45, 2.75) is 26.4 Å². The Morgan fingerprint density at radius 1 is 1.34 bits per heavy atom. The Hall–Kier alpha value is -3.79. The van der Waals surface area contributed by atoms with Crippen LogP contribution in [0, 0.1) is 11.3 Å². The van der Waals surface area contributed by atoms with Gasteiger partial charge in [0.1, 0.15) is 29.2 Å². The summed E-state index contributed by atoms with van der Waals surface area (Å²) < 4.78 is 11.4. The van der Waals surface area contributed by atoms with E-state index in [4.69, 9.17) is 9.47 Å². The van der Waals surface area contributed by atoms with Crippen LogP contribution in [0.4, 0.5) is 5.69 Å². The van der Waals surface area contributed by atoms with Crippen LogP contribution in [0.3, 0.4) is 0 Å². The van der Waals surface area contributed by atoms with Crippen molar-refractivity contribution >= 4 is 23.6 Å². The predicted molar refractivity (Wildman–Crippen MR) is 104 cm³/mol. The minimum Gasteiger partial charge on any atom is -0.545 e. The Bertz CT molecular complexity index is 1020. The first kappa shape index (κ1) is 20.0. The Labute approximate surface area is 168 Å². The molecule has 1 aliphatic heterocycles. The molecule has 7 nitrogen and oxygen atoms in total. The van der Waals surface area contributed by atoms with Gasteiger partial charge in [-0.1, -0.05) is 12.1 Å². The van der Waals surface area contributed by atoms with Crippen LogP contribution in [0.2, 0.25) is 0 Å². The van der Waals surface area contributed by atoms with E-state index in [0.29, 0.717) is 29.4 Å². The second-order valence-corrected chi connectivity index (χ2v) is 6.55. The number of carbonyl (C=O) groups excluding carboxylic acids is 2. The monoisotopic (exact) mass is 391 g/mol. The van der Waals surface area contributed by atoms with E-state index in [1.165, 1.54) is 30.3 Å². The van der Waals surface area contributed by atoms with E-state index in [9.17, 15) is 20.0 Å². The smallest absolute Gasteiger partial charge is 0.266 e. The van der Waals surface area contributed by atoms with Gasteiger partial charge in [0.05, 0.1) is 12.6 Å². The lowest BCUT2D eigenvalue weighted by molar-refractivity contribution is -0.255. The van der Waals surface area contributed by atoms with E-state index in [1.807, 2.05) is 26.0 Å². The molecular weight excluding hydrogens is 372 g/mol. The normalized spacial score (nSPS) is 15.1. The first-order chi connectivity index (χ1) is 13.9. The van der Waals surface area contributed by atoms with Crippen molar-refractivity contribution in [3.63, 3.8) is 0 Å². The standard InChI is InChI=1S/C22H20N2O5/c1-3-28-19-10-15-8-13(2)29-20(15)11-16(19)9-17(12-23)21(25)24-18-6-4-14(5-7-18)22(26)27/h4-7,9-11,13H,3,8H2,1-2H3,(H,24,25)(H,26,27)/p-1/b17-9+/t13-/m0/s1. The average molecular weight is 391 g/mol. The van der Waals surface area contributed by atoms with E-state index in [-0.39, 0.29) is 17.2 Å². The van der Waals surface area contributed by atoms with Crippen LogP contribution in [-0.2, 0) is 11.2 Å². The third-order valence-electron chi connectivity index (χ3n) is 4.37. The molecule has 0 unspecified atom stereocenters. The number of hydrogen-bond donors (Lipinski definition) is 1. The average Bonchev–Trinajstić information content (AvgIpc) is 3.05. The number of aromatic carboxylic acids is 1. The molecular formula is C22H19N2O5-. The molecule has 1 aliphatic rings. The zero-order valence-corrected chi connectivity index (χ0v) is 16.0. The van der Waals surface area contributed by atoms with Crippen LogP contribution < -0.4 is 19.9 Å². The third-order valence-corrected chi connectivity index (χ3v) is 4.37. The number of carbonyl (C=O) groups is 2. The molecule has 1 amide bonds. The van der Waals surface area contributed by atoms with Gasteiger partial charge < -0.3 is 24.7 Å². The molecule has 0 aromatic heterocycles. The van der Waals surface area contributed by atoms with Crippen LogP contribution in [-0.4, -0.2) is 24.6 Å². The minimum absolute atomic E-state index is 0.00669. The van der Waals surface area contributed by atoms with Gasteiger partial charge in [-0.15, -0.1) is 0 Å². The summed E-state index contributed by atoms with van der Waals surface area (Å²) in [6.45, 7) is 4.26. The number of hydrogen-bond acceptors (Lipinski definition) is 6. The molecule has 0 aliphatic carbocycles. The van der Waals surface area contributed by atoms with Crippen LogP contribution >= 0.6 is 0 Å². The largest absolute Gasteiger partial charge is 0.545 e. The molecule has 0 spiro atoms. The van der Waals surface area contributed by atoms with Crippen molar-refractivity contribution < 1.29 is 24.2 Å². The quantitative estimate of drug-likeness (QED) is 0.597. The number of rotatable bonds is 6. The first-order valence-electron chi connectivity index (χ1n) is 9.12. The Kier molecular flexibility index (Phi) is 5.84. The fourth-order valence-electron chi connectivity index (χ4n) is 3.04. The Morgan fingerprint density at radius 2 is 2.07 bits per heavy atom. The molecule has 29 heavy (non-hydrogen) atoms. The molecule has 2 aromatic rings. The highest BCUT2D eigenvalue weighted by molar-refractivity contribution is 6.10. The van der Waals surface area contributed by atoms with Crippen molar-refractivity contribution in [1.29, 1.82) is 5.26 Å². The molecule has 1 N–H and O–H groups in total. The van der Waals surface area contributed by atoms with Gasteiger partial charge in [0.25, 0.3) is 5.91 Å². The van der Waals surface area contributed by atoms with Crippen LogP contribution in [0.5, 0.6) is 11.5 Å². The lowest BCUT2D eigenvalue weighted by Gasteiger charge is -2.11. The van der Waals surface area contributed by atoms with Gasteiger partial charge in [0.2, 0.25) is 0 Å². The molecule has 0 saturated carbocycles. The highest BCUT2D eigenvalue weighted by Gasteiger charge is 2.22. The van der Waals surface area contributed by atoms with Gasteiger partial charge in [-0.05, 0) is 49.8 Å². The van der Waals surface area contributed by atoms with Gasteiger partial charge in [-0.2, -0.15) is 5.26 Å². The molecule has 1 atom stereocenters. The van der Waals surface area contributed by atoms with Crippen LogP contribution in [0.15, 0.2) is 42.0 Å². The van der Waals surface area contributed by atoms with Gasteiger partial charge in [-0.25, -0.2) is 0 Å². The van der Waals surface area contributed by atoms with Crippen LogP contribution in [0.25, 0.3) is 6.08 Å². The number of ether oxygens (including phenoxy) is 2. The van der Waals surface area contributed by atoms with Crippen molar-refractivity contribution in [2.24, 2.45) is 0 Å². The van der Waals surface area contributed by atoms with Gasteiger partial charge in [0.15, 0.2) is 0 Å². The predicted octanol–water partition coefficient (Wildman–Crippen LogP) is 2.32. The molecule has 0 radical (unpaired) electrons. The van der Waals surface area contributed by atoms with E-state index in [0.717, 1.165) is 12.0 Å². The number of carboxylic acids is 1. The van der Waals surface area contributed by atoms with Gasteiger partial charge >= 0.3 is 0 Å². The number of anilines is 1. The summed E-state index contributed by atoms with van der Waals surface area (Å²) in [5.41, 5.74) is 1.82. The van der Waals surface area contributed by atoms with Crippen molar-refractivity contribution in [3.8, 4) is 17.6 Å². The topological polar surface area (TPSA) is 111 Å². The van der Waals surface area contributed by atoms with Crippen molar-refractivity contribution in [1.82, 2.24) is 0 Å². The SMILES string of the molecule is CCOc1cc2c(cc1/C=C(\C#N)C(=O)Nc1ccc(C(=O)[O-])cc1)O[C@@H](C)C2. The summed E-state index contributed by atoms with van der Waals surface area (Å²) in [6, 6.07) is 11.0. The Morgan fingerprint density at radius 3 is 2.69 bits per heavy atom. The number of nitrogens with one attached hydrogen (secondary N) is 1. The maximum atomic E-state index is 12.5. The minimum atomic E-state index is -1.31. The van der Waals surface area contributed by atoms with Crippen molar-refractivity contribution in [3.05, 3.63) is 58.7 Å². The highest BCUT2D eigenvalue weighted by atomic mass is 16.5. The second-order valence-electron chi connectivity index (χ2n) is 6.55. The maximum Gasteiger partial charge on any atom is 0.266 e. The molecule has 1 heterocycles. The lowest BCUT2D eigenvalue weighted by atomic mass is 10.0. The molecule has 0 bridgehead atoms. The zero-order valence-electron chi connectivity index (χ0n) is 16.0. The molecule has 7 heteroatoms. The van der Waals surface area contributed by atoms with E-state index < -0.39 is 11.9 Å². The van der Waals surface area contributed by atoms with Crippen LogP contribution in [0.1, 0.15) is 35.3 Å². The summed E-state index contributed by atoms with van der Waals surface area (Å²) in [7, 11) is 0. The summed E-state index contributed by atoms with van der Waals surface area (Å²) in [4.78, 5) is 23.3. The fourth-order valence-corrected chi connectivity index (χ4v) is 3.04. The van der Waals surface area contributed by atoms with E-state index in [2.05, 4.69) is 5.32 Å².